The molecule has 1 aromatic rings. The Hall–Kier alpha value is -1.42. The monoisotopic (exact) mass is 369 g/mol. The zero-order valence-electron chi connectivity index (χ0n) is 12.9. The maximum atomic E-state index is 13.5. The van der Waals surface area contributed by atoms with E-state index in [-0.39, 0.29) is 23.7 Å². The molecule has 0 aliphatic rings. The lowest BCUT2D eigenvalue weighted by Crippen LogP contribution is -2.33. The van der Waals surface area contributed by atoms with Crippen molar-refractivity contribution >= 4 is 34.0 Å². The van der Waals surface area contributed by atoms with Gasteiger partial charge in [-0.2, -0.15) is 0 Å². The molecule has 0 saturated carbocycles. The molecule has 0 aliphatic carbocycles. The van der Waals surface area contributed by atoms with Crippen LogP contribution in [0, 0.1) is 5.82 Å². The Bertz CT molecular complexity index is 613. The van der Waals surface area contributed by atoms with Gasteiger partial charge in [-0.15, -0.1) is 12.4 Å². The molecule has 0 unspecified atom stereocenters. The first kappa shape index (κ1) is 21.6. The van der Waals surface area contributed by atoms with Crippen molar-refractivity contribution in [3.63, 3.8) is 0 Å². The van der Waals surface area contributed by atoms with E-state index in [1.165, 1.54) is 6.07 Å². The van der Waals surface area contributed by atoms with Crippen LogP contribution < -0.4 is 15.4 Å². The predicted molar refractivity (Wildman–Crippen MR) is 89.2 cm³/mol. The Morgan fingerprint density at radius 1 is 1.26 bits per heavy atom. The van der Waals surface area contributed by atoms with Crippen LogP contribution >= 0.6 is 12.4 Å². The summed E-state index contributed by atoms with van der Waals surface area (Å²) in [6, 6.07) is 3.49. The lowest BCUT2D eigenvalue weighted by atomic mass is 10.2. The minimum Gasteiger partial charge on any atom is -0.383 e. The van der Waals surface area contributed by atoms with Crippen molar-refractivity contribution in [1.29, 1.82) is 0 Å². The number of rotatable bonds is 9. The van der Waals surface area contributed by atoms with Gasteiger partial charge in [-0.1, -0.05) is 0 Å². The highest BCUT2D eigenvalue weighted by Crippen LogP contribution is 2.17. The lowest BCUT2D eigenvalue weighted by molar-refractivity contribution is 0.0953. The standard InChI is InChI=1S/C13H20FN3O4S.ClH/c1-21-8-7-15-5-6-16-13(18)10-3-4-11(14)12(9-10)17-22(2,19)20;/h3-4,9,15,17H,5-8H2,1-2H3,(H,16,18);1H. The number of ether oxygens (including phenoxy) is 1. The highest BCUT2D eigenvalue weighted by Gasteiger charge is 2.12. The van der Waals surface area contributed by atoms with Gasteiger partial charge >= 0.3 is 0 Å². The molecule has 1 rings (SSSR count). The molecule has 0 saturated heterocycles. The van der Waals surface area contributed by atoms with Gasteiger partial charge in [0.1, 0.15) is 5.82 Å². The van der Waals surface area contributed by atoms with Crippen LogP contribution in [-0.2, 0) is 14.8 Å². The van der Waals surface area contributed by atoms with Crippen molar-refractivity contribution in [2.75, 3.05) is 44.3 Å². The van der Waals surface area contributed by atoms with Crippen molar-refractivity contribution in [1.82, 2.24) is 10.6 Å². The van der Waals surface area contributed by atoms with Gasteiger partial charge in [0.2, 0.25) is 10.0 Å². The Balaban J connectivity index is 0.00000484. The highest BCUT2D eigenvalue weighted by atomic mass is 35.5. The number of carbonyl (C=O) groups is 1. The number of nitrogens with one attached hydrogen (secondary N) is 3. The molecular formula is C13H21ClFN3O4S. The van der Waals surface area contributed by atoms with Gasteiger partial charge in [0.25, 0.3) is 5.91 Å². The highest BCUT2D eigenvalue weighted by molar-refractivity contribution is 7.92. The fourth-order valence-electron chi connectivity index (χ4n) is 1.61. The third-order valence-electron chi connectivity index (χ3n) is 2.59. The van der Waals surface area contributed by atoms with Gasteiger partial charge < -0.3 is 15.4 Å². The Morgan fingerprint density at radius 2 is 1.96 bits per heavy atom. The summed E-state index contributed by atoms with van der Waals surface area (Å²) in [5.74, 6) is -1.16. The number of hydrogen-bond acceptors (Lipinski definition) is 5. The van der Waals surface area contributed by atoms with Crippen molar-refractivity contribution in [3.8, 4) is 0 Å². The summed E-state index contributed by atoms with van der Waals surface area (Å²) in [5.41, 5.74) is -0.0854. The van der Waals surface area contributed by atoms with E-state index in [1.54, 1.807) is 7.11 Å². The molecule has 1 aromatic carbocycles. The summed E-state index contributed by atoms with van der Waals surface area (Å²) in [6.45, 7) is 2.19. The molecular weight excluding hydrogens is 349 g/mol. The topological polar surface area (TPSA) is 96.5 Å². The molecule has 0 radical (unpaired) electrons. The van der Waals surface area contributed by atoms with Crippen LogP contribution in [0.25, 0.3) is 0 Å². The largest absolute Gasteiger partial charge is 0.383 e. The first-order valence-corrected chi connectivity index (χ1v) is 8.48. The molecule has 0 aromatic heterocycles. The van der Waals surface area contributed by atoms with E-state index in [0.717, 1.165) is 18.4 Å². The van der Waals surface area contributed by atoms with Gasteiger partial charge in [0, 0.05) is 32.3 Å². The third kappa shape index (κ3) is 8.70. The van der Waals surface area contributed by atoms with E-state index in [2.05, 4.69) is 10.6 Å². The number of hydrogen-bond donors (Lipinski definition) is 3. The number of anilines is 1. The predicted octanol–water partition coefficient (Wildman–Crippen LogP) is 0.585. The summed E-state index contributed by atoms with van der Waals surface area (Å²) in [5, 5.41) is 5.70. The zero-order valence-corrected chi connectivity index (χ0v) is 14.5. The molecule has 7 nitrogen and oxygen atoms in total. The number of sulfonamides is 1. The molecule has 10 heteroatoms. The van der Waals surface area contributed by atoms with Crippen molar-refractivity contribution in [2.24, 2.45) is 0 Å². The van der Waals surface area contributed by atoms with E-state index in [0.29, 0.717) is 26.2 Å². The molecule has 0 heterocycles. The number of carbonyl (C=O) groups excluding carboxylic acids is 1. The maximum Gasteiger partial charge on any atom is 0.251 e. The van der Waals surface area contributed by atoms with Gasteiger partial charge in [-0.25, -0.2) is 12.8 Å². The smallest absolute Gasteiger partial charge is 0.251 e. The van der Waals surface area contributed by atoms with Crippen molar-refractivity contribution in [3.05, 3.63) is 29.6 Å². The van der Waals surface area contributed by atoms with E-state index in [4.69, 9.17) is 4.74 Å². The fraction of sp³-hybridized carbons (Fsp3) is 0.462. The van der Waals surface area contributed by atoms with Gasteiger partial charge in [-0.05, 0) is 18.2 Å². The van der Waals surface area contributed by atoms with Gasteiger partial charge in [0.15, 0.2) is 0 Å². The number of amides is 1. The second-order valence-corrected chi connectivity index (χ2v) is 6.32. The number of halogens is 2. The Kier molecular flexibility index (Phi) is 9.73. The van der Waals surface area contributed by atoms with Crippen LogP contribution in [0.2, 0.25) is 0 Å². The molecule has 23 heavy (non-hydrogen) atoms. The second-order valence-electron chi connectivity index (χ2n) is 4.57. The minimum atomic E-state index is -3.62. The molecule has 0 spiro atoms. The lowest BCUT2D eigenvalue weighted by Gasteiger charge is -2.09. The van der Waals surface area contributed by atoms with E-state index < -0.39 is 21.7 Å². The van der Waals surface area contributed by atoms with Crippen molar-refractivity contribution < 1.29 is 22.3 Å². The first-order valence-electron chi connectivity index (χ1n) is 6.58. The van der Waals surface area contributed by atoms with Gasteiger partial charge in [-0.3, -0.25) is 9.52 Å². The fourth-order valence-corrected chi connectivity index (χ4v) is 2.17. The summed E-state index contributed by atoms with van der Waals surface area (Å²) in [4.78, 5) is 11.9. The second kappa shape index (κ2) is 10.4. The summed E-state index contributed by atoms with van der Waals surface area (Å²) < 4.78 is 42.7. The summed E-state index contributed by atoms with van der Waals surface area (Å²) in [6.07, 6.45) is 0.908. The van der Waals surface area contributed by atoms with E-state index >= 15 is 0 Å². The molecule has 0 aliphatic heterocycles. The minimum absolute atomic E-state index is 0. The van der Waals surface area contributed by atoms with Gasteiger partial charge in [0.05, 0.1) is 18.6 Å². The number of methoxy groups -OCH3 is 1. The van der Waals surface area contributed by atoms with Crippen LogP contribution in [0.1, 0.15) is 10.4 Å². The zero-order chi connectivity index (χ0) is 16.6. The van der Waals surface area contributed by atoms with Crippen LogP contribution in [0.3, 0.4) is 0 Å². The quantitative estimate of drug-likeness (QED) is 0.553. The van der Waals surface area contributed by atoms with Crippen LogP contribution in [0.5, 0.6) is 0 Å². The van der Waals surface area contributed by atoms with Crippen LogP contribution in [-0.4, -0.2) is 53.9 Å². The van der Waals surface area contributed by atoms with Crippen LogP contribution in [0.4, 0.5) is 10.1 Å². The number of benzene rings is 1. The molecule has 1 amide bonds. The average Bonchev–Trinajstić information content (AvgIpc) is 2.43. The average molecular weight is 370 g/mol. The normalized spacial score (nSPS) is 10.7. The first-order chi connectivity index (χ1) is 10.3. The SMILES string of the molecule is COCCNCCNC(=O)c1ccc(F)c(NS(C)(=O)=O)c1.Cl. The Labute approximate surface area is 141 Å². The molecule has 0 atom stereocenters. The summed E-state index contributed by atoms with van der Waals surface area (Å²) in [7, 11) is -2.02. The molecule has 3 N–H and O–H groups in total. The molecule has 0 fully saturated rings. The van der Waals surface area contributed by atoms with Crippen molar-refractivity contribution in [2.45, 2.75) is 0 Å². The molecule has 0 bridgehead atoms. The Morgan fingerprint density at radius 3 is 2.57 bits per heavy atom. The maximum absolute atomic E-state index is 13.5. The third-order valence-corrected chi connectivity index (χ3v) is 3.18. The van der Waals surface area contributed by atoms with Crippen LogP contribution in [0.15, 0.2) is 18.2 Å². The summed E-state index contributed by atoms with van der Waals surface area (Å²) >= 11 is 0. The van der Waals surface area contributed by atoms with E-state index in [1.807, 2.05) is 4.72 Å². The molecule has 132 valence electrons. The van der Waals surface area contributed by atoms with E-state index in [9.17, 15) is 17.6 Å².